The fourth-order valence-corrected chi connectivity index (χ4v) is 2.59. The van der Waals surface area contributed by atoms with Crippen LogP contribution in [0.5, 0.6) is 0 Å². The molecule has 4 rings (SSSR count). The lowest BCUT2D eigenvalue weighted by Gasteiger charge is -2.06. The summed E-state index contributed by atoms with van der Waals surface area (Å²) < 4.78 is 17.0. The van der Waals surface area contributed by atoms with E-state index in [2.05, 4.69) is 20.5 Å². The molecule has 130 valence electrons. The number of aryl methyl sites for hydroxylation is 1. The lowest BCUT2D eigenvalue weighted by Crippen LogP contribution is -2.13. The number of anilines is 2. The van der Waals surface area contributed by atoms with Gasteiger partial charge in [-0.1, -0.05) is 0 Å². The van der Waals surface area contributed by atoms with Crippen molar-refractivity contribution in [3.63, 3.8) is 0 Å². The van der Waals surface area contributed by atoms with E-state index >= 15 is 0 Å². The van der Waals surface area contributed by atoms with E-state index in [1.807, 2.05) is 13.2 Å². The van der Waals surface area contributed by atoms with Gasteiger partial charge in [-0.2, -0.15) is 10.2 Å². The number of nitrogens with one attached hydrogen (secondary N) is 1. The van der Waals surface area contributed by atoms with E-state index < -0.39 is 11.7 Å². The molecule has 0 aliphatic heterocycles. The maximum Gasteiger partial charge on any atom is 0.259 e. The van der Waals surface area contributed by atoms with Crippen LogP contribution in [-0.4, -0.2) is 30.3 Å². The zero-order valence-electron chi connectivity index (χ0n) is 13.7. The van der Waals surface area contributed by atoms with Gasteiger partial charge in [0, 0.05) is 24.5 Å². The van der Waals surface area contributed by atoms with Crippen LogP contribution in [0.3, 0.4) is 0 Å². The van der Waals surface area contributed by atoms with Crippen LogP contribution in [0.25, 0.3) is 16.8 Å². The van der Waals surface area contributed by atoms with Crippen LogP contribution < -0.4 is 11.1 Å². The minimum atomic E-state index is -0.569. The number of fused-ring (bicyclic) bond motifs is 1. The van der Waals surface area contributed by atoms with Gasteiger partial charge in [-0.25, -0.2) is 8.91 Å². The first kappa shape index (κ1) is 15.8. The monoisotopic (exact) mass is 351 g/mol. The zero-order valence-corrected chi connectivity index (χ0v) is 13.7. The Hall–Kier alpha value is -3.75. The number of aromatic nitrogens is 5. The Labute approximate surface area is 147 Å². The maximum atomic E-state index is 13.8. The van der Waals surface area contributed by atoms with Gasteiger partial charge in [-0.05, 0) is 18.2 Å². The van der Waals surface area contributed by atoms with Crippen molar-refractivity contribution in [3.8, 4) is 11.3 Å². The number of benzene rings is 1. The largest absolute Gasteiger partial charge is 0.399 e. The highest BCUT2D eigenvalue weighted by Gasteiger charge is 2.16. The third-order valence-electron chi connectivity index (χ3n) is 3.89. The fourth-order valence-electron chi connectivity index (χ4n) is 2.59. The molecule has 26 heavy (non-hydrogen) atoms. The Bertz CT molecular complexity index is 1130. The molecule has 0 radical (unpaired) electrons. The SMILES string of the molecule is Cn1cc(-c2cn3ncc(C(=O)Nc4cc(N)ccc4F)c3cn2)cn1. The lowest BCUT2D eigenvalue weighted by atomic mass is 10.2. The second-order valence-corrected chi connectivity index (χ2v) is 5.76. The summed E-state index contributed by atoms with van der Waals surface area (Å²) in [5.41, 5.74) is 8.27. The molecule has 3 aromatic heterocycles. The normalized spacial score (nSPS) is 11.0. The van der Waals surface area contributed by atoms with Gasteiger partial charge in [0.25, 0.3) is 5.91 Å². The van der Waals surface area contributed by atoms with Gasteiger partial charge in [0.15, 0.2) is 0 Å². The number of nitrogens with zero attached hydrogens (tertiary/aromatic N) is 5. The first-order valence-electron chi connectivity index (χ1n) is 7.70. The van der Waals surface area contributed by atoms with Crippen LogP contribution in [0, 0.1) is 5.82 Å². The Balaban J connectivity index is 1.66. The average Bonchev–Trinajstić information content (AvgIpc) is 3.23. The number of amides is 1. The van der Waals surface area contributed by atoms with E-state index in [9.17, 15) is 9.18 Å². The van der Waals surface area contributed by atoms with Gasteiger partial charge in [0.05, 0.1) is 47.2 Å². The molecule has 0 fully saturated rings. The number of hydrogen-bond acceptors (Lipinski definition) is 5. The van der Waals surface area contributed by atoms with Crippen molar-refractivity contribution in [3.05, 3.63) is 60.6 Å². The Kier molecular flexibility index (Phi) is 3.61. The standard InChI is InChI=1S/C17H14FN7O/c1-24-8-10(5-21-24)15-9-25-16(7-20-15)12(6-22-25)17(26)23-14-4-11(19)2-3-13(14)18/h2-9H,19H2,1H3,(H,23,26). The van der Waals surface area contributed by atoms with Crippen LogP contribution in [0.1, 0.15) is 10.4 Å². The Morgan fingerprint density at radius 2 is 2.04 bits per heavy atom. The summed E-state index contributed by atoms with van der Waals surface area (Å²) in [4.78, 5) is 16.9. The minimum Gasteiger partial charge on any atom is -0.399 e. The fraction of sp³-hybridized carbons (Fsp3) is 0.0588. The summed E-state index contributed by atoms with van der Waals surface area (Å²) in [5.74, 6) is -1.07. The molecule has 9 heteroatoms. The van der Waals surface area contributed by atoms with Crippen LogP contribution >= 0.6 is 0 Å². The lowest BCUT2D eigenvalue weighted by molar-refractivity contribution is 0.102. The van der Waals surface area contributed by atoms with Gasteiger partial charge in [0.2, 0.25) is 0 Å². The summed E-state index contributed by atoms with van der Waals surface area (Å²) in [6, 6.07) is 3.98. The Morgan fingerprint density at radius 3 is 2.81 bits per heavy atom. The van der Waals surface area contributed by atoms with Crippen LogP contribution in [0.2, 0.25) is 0 Å². The molecule has 0 bridgehead atoms. The van der Waals surface area contributed by atoms with Gasteiger partial charge < -0.3 is 11.1 Å². The highest BCUT2D eigenvalue weighted by atomic mass is 19.1. The molecule has 0 unspecified atom stereocenters. The number of hydrogen-bond donors (Lipinski definition) is 2. The second-order valence-electron chi connectivity index (χ2n) is 5.76. The van der Waals surface area contributed by atoms with Crippen molar-refractivity contribution >= 4 is 22.8 Å². The summed E-state index contributed by atoms with van der Waals surface area (Å²) in [6.07, 6.45) is 8.16. The number of nitrogen functional groups attached to an aromatic ring is 1. The number of halogens is 1. The molecule has 1 amide bonds. The highest BCUT2D eigenvalue weighted by Crippen LogP contribution is 2.21. The molecule has 0 saturated heterocycles. The van der Waals surface area contributed by atoms with Crippen molar-refractivity contribution in [2.75, 3.05) is 11.1 Å². The van der Waals surface area contributed by atoms with E-state index in [-0.39, 0.29) is 11.3 Å². The number of carbonyl (C=O) groups excluding carboxylic acids is 1. The molecule has 0 saturated carbocycles. The zero-order chi connectivity index (χ0) is 18.3. The molecule has 1 aromatic carbocycles. The average molecular weight is 351 g/mol. The summed E-state index contributed by atoms with van der Waals surface area (Å²) in [7, 11) is 1.81. The maximum absolute atomic E-state index is 13.8. The van der Waals surface area contributed by atoms with Crippen molar-refractivity contribution in [2.24, 2.45) is 7.05 Å². The molecular weight excluding hydrogens is 337 g/mol. The quantitative estimate of drug-likeness (QED) is 0.550. The van der Waals surface area contributed by atoms with E-state index in [0.717, 1.165) is 5.56 Å². The van der Waals surface area contributed by atoms with Crippen LogP contribution in [0.4, 0.5) is 15.8 Å². The summed E-state index contributed by atoms with van der Waals surface area (Å²) >= 11 is 0. The van der Waals surface area contributed by atoms with Gasteiger partial charge in [0.1, 0.15) is 5.82 Å². The van der Waals surface area contributed by atoms with E-state index in [1.54, 1.807) is 27.8 Å². The first-order chi connectivity index (χ1) is 12.5. The first-order valence-corrected chi connectivity index (χ1v) is 7.70. The smallest absolute Gasteiger partial charge is 0.259 e. The molecule has 3 heterocycles. The summed E-state index contributed by atoms with van der Waals surface area (Å²) in [5, 5.41) is 10.8. The van der Waals surface area contributed by atoms with Crippen LogP contribution in [0.15, 0.2) is 49.2 Å². The van der Waals surface area contributed by atoms with Crippen LogP contribution in [-0.2, 0) is 7.05 Å². The second kappa shape index (κ2) is 5.96. The molecule has 0 atom stereocenters. The van der Waals surface area contributed by atoms with Gasteiger partial charge >= 0.3 is 0 Å². The third-order valence-corrected chi connectivity index (χ3v) is 3.89. The summed E-state index contributed by atoms with van der Waals surface area (Å²) in [6.45, 7) is 0. The molecule has 0 aliphatic rings. The topological polar surface area (TPSA) is 103 Å². The predicted molar refractivity (Wildman–Crippen MR) is 94.0 cm³/mol. The van der Waals surface area contributed by atoms with Crippen molar-refractivity contribution in [1.82, 2.24) is 24.4 Å². The molecular formula is C17H14FN7O. The molecule has 4 aromatic rings. The highest BCUT2D eigenvalue weighted by molar-refractivity contribution is 6.08. The van der Waals surface area contributed by atoms with Gasteiger partial charge in [-0.3, -0.25) is 14.5 Å². The molecule has 0 spiro atoms. The predicted octanol–water partition coefficient (Wildman–Crippen LogP) is 2.10. The van der Waals surface area contributed by atoms with E-state index in [1.165, 1.54) is 24.4 Å². The van der Waals surface area contributed by atoms with E-state index in [4.69, 9.17) is 5.73 Å². The van der Waals surface area contributed by atoms with Crippen molar-refractivity contribution in [2.45, 2.75) is 0 Å². The third kappa shape index (κ3) is 2.75. The van der Waals surface area contributed by atoms with Gasteiger partial charge in [-0.15, -0.1) is 0 Å². The number of rotatable bonds is 3. The molecule has 0 aliphatic carbocycles. The Morgan fingerprint density at radius 1 is 1.19 bits per heavy atom. The molecule has 8 nitrogen and oxygen atoms in total. The minimum absolute atomic E-state index is 0.00860. The van der Waals surface area contributed by atoms with Crippen molar-refractivity contribution in [1.29, 1.82) is 0 Å². The molecule has 3 N–H and O–H groups in total. The number of carbonyl (C=O) groups is 1. The van der Waals surface area contributed by atoms with E-state index in [0.29, 0.717) is 16.9 Å². The van der Waals surface area contributed by atoms with Crippen molar-refractivity contribution < 1.29 is 9.18 Å². The number of nitrogens with two attached hydrogens (primary N) is 1.